The molecule has 3 aromatic rings. The maximum atomic E-state index is 14.1. The molecule has 0 saturated carbocycles. The first-order valence-electron chi connectivity index (χ1n) is 13.3. The van der Waals surface area contributed by atoms with Crippen molar-refractivity contribution in [3.05, 3.63) is 95.6 Å². The number of amides is 2. The van der Waals surface area contributed by atoms with Crippen LogP contribution in [0.2, 0.25) is 0 Å². The second-order valence-corrected chi connectivity index (χ2v) is 11.9. The molecule has 0 saturated heterocycles. The summed E-state index contributed by atoms with van der Waals surface area (Å²) < 4.78 is 32.0. The molecule has 0 bridgehead atoms. The van der Waals surface area contributed by atoms with Crippen LogP contribution < -0.4 is 14.4 Å². The van der Waals surface area contributed by atoms with Gasteiger partial charge in [0.15, 0.2) is 0 Å². The molecule has 3 rings (SSSR count). The summed E-state index contributed by atoms with van der Waals surface area (Å²) in [6.07, 6.45) is 2.07. The van der Waals surface area contributed by atoms with Crippen LogP contribution in [0.3, 0.4) is 0 Å². The van der Waals surface area contributed by atoms with E-state index in [0.717, 1.165) is 33.7 Å². The van der Waals surface area contributed by atoms with Crippen molar-refractivity contribution in [2.75, 3.05) is 24.2 Å². The van der Waals surface area contributed by atoms with E-state index in [1.807, 2.05) is 75.4 Å². The first-order chi connectivity index (χ1) is 19.0. The minimum absolute atomic E-state index is 0.0890. The van der Waals surface area contributed by atoms with Crippen LogP contribution in [0, 0.1) is 6.92 Å². The highest BCUT2D eigenvalue weighted by Crippen LogP contribution is 2.23. The van der Waals surface area contributed by atoms with Gasteiger partial charge >= 0.3 is 0 Å². The average molecular weight is 566 g/mol. The Hall–Kier alpha value is -3.85. The summed E-state index contributed by atoms with van der Waals surface area (Å²) in [4.78, 5) is 29.3. The van der Waals surface area contributed by atoms with Gasteiger partial charge in [-0.05, 0) is 55.7 Å². The first-order valence-corrected chi connectivity index (χ1v) is 15.2. The third kappa shape index (κ3) is 8.58. The van der Waals surface area contributed by atoms with Crippen molar-refractivity contribution in [3.8, 4) is 5.75 Å². The largest absolute Gasteiger partial charge is 0.497 e. The van der Waals surface area contributed by atoms with Gasteiger partial charge < -0.3 is 15.0 Å². The molecule has 3 aromatic carbocycles. The van der Waals surface area contributed by atoms with Crippen LogP contribution in [0.1, 0.15) is 37.0 Å². The molecule has 1 N–H and O–H groups in total. The van der Waals surface area contributed by atoms with Crippen LogP contribution in [0.25, 0.3) is 0 Å². The summed E-state index contributed by atoms with van der Waals surface area (Å²) in [5.74, 6) is -0.203. The Labute approximate surface area is 238 Å². The molecule has 0 aliphatic carbocycles. The van der Waals surface area contributed by atoms with Crippen molar-refractivity contribution in [2.24, 2.45) is 0 Å². The Morgan fingerprint density at radius 3 is 2.10 bits per heavy atom. The highest BCUT2D eigenvalue weighted by molar-refractivity contribution is 7.92. The number of nitrogens with zero attached hydrogens (tertiary/aromatic N) is 2. The molecule has 40 heavy (non-hydrogen) atoms. The van der Waals surface area contributed by atoms with Gasteiger partial charge in [0.2, 0.25) is 21.8 Å². The van der Waals surface area contributed by atoms with Crippen molar-refractivity contribution in [1.82, 2.24) is 10.2 Å². The summed E-state index contributed by atoms with van der Waals surface area (Å²) in [5.41, 5.74) is 3.13. The maximum absolute atomic E-state index is 14.1. The average Bonchev–Trinajstić information content (AvgIpc) is 2.94. The fraction of sp³-hybridized carbons (Fsp3) is 0.355. The zero-order valence-corrected chi connectivity index (χ0v) is 24.6. The maximum Gasteiger partial charge on any atom is 0.244 e. The van der Waals surface area contributed by atoms with E-state index in [0.29, 0.717) is 11.4 Å². The van der Waals surface area contributed by atoms with E-state index in [-0.39, 0.29) is 24.9 Å². The Bertz CT molecular complexity index is 1360. The lowest BCUT2D eigenvalue weighted by atomic mass is 10.0. The number of carbonyl (C=O) groups is 2. The van der Waals surface area contributed by atoms with Crippen LogP contribution in [0.5, 0.6) is 5.75 Å². The number of aryl methyl sites for hydroxylation is 1. The molecule has 8 nitrogen and oxygen atoms in total. The van der Waals surface area contributed by atoms with Crippen molar-refractivity contribution in [2.45, 2.75) is 52.2 Å². The second-order valence-electron chi connectivity index (χ2n) is 10.00. The lowest BCUT2D eigenvalue weighted by Gasteiger charge is -2.34. The Morgan fingerprint density at radius 2 is 1.55 bits per heavy atom. The number of nitrogens with one attached hydrogen (secondary N) is 1. The van der Waals surface area contributed by atoms with Crippen LogP contribution in [-0.4, -0.2) is 57.1 Å². The van der Waals surface area contributed by atoms with E-state index in [4.69, 9.17) is 4.74 Å². The molecule has 0 aliphatic heterocycles. The number of carbonyl (C=O) groups excluding carboxylic acids is 2. The number of anilines is 1. The van der Waals surface area contributed by atoms with E-state index in [2.05, 4.69) is 5.32 Å². The molecule has 0 aliphatic rings. The summed E-state index contributed by atoms with van der Waals surface area (Å²) in [5, 5.41) is 3.03. The van der Waals surface area contributed by atoms with Crippen LogP contribution in [0.15, 0.2) is 78.9 Å². The normalized spacial score (nSPS) is 12.7. The molecule has 0 fully saturated rings. The van der Waals surface area contributed by atoms with E-state index in [1.165, 1.54) is 12.0 Å². The number of methoxy groups -OCH3 is 1. The van der Waals surface area contributed by atoms with Gasteiger partial charge in [-0.15, -0.1) is 0 Å². The van der Waals surface area contributed by atoms with Gasteiger partial charge in [0.25, 0.3) is 0 Å². The number of sulfonamides is 1. The summed E-state index contributed by atoms with van der Waals surface area (Å²) in [6, 6.07) is 22.7. The van der Waals surface area contributed by atoms with Crippen LogP contribution in [-0.2, 0) is 32.6 Å². The second kappa shape index (κ2) is 14.0. The first kappa shape index (κ1) is 30.7. The van der Waals surface area contributed by atoms with Gasteiger partial charge in [0.05, 0.1) is 19.1 Å². The van der Waals surface area contributed by atoms with E-state index in [1.54, 1.807) is 24.3 Å². The molecule has 2 amide bonds. The monoisotopic (exact) mass is 565 g/mol. The van der Waals surface area contributed by atoms with Gasteiger partial charge in [-0.1, -0.05) is 67.1 Å². The standard InChI is InChI=1S/C31H39N3O5S/c1-6-24(3)32-31(36)29(20-25-10-8-7-9-11-25)33(21-26-14-12-23(2)13-15-26)30(35)22-34(40(5,37)38)27-16-18-28(39-4)19-17-27/h7-19,24,29H,6,20-22H2,1-5H3,(H,32,36)/t24-,29+/m0/s1. The van der Waals surface area contributed by atoms with Crippen LogP contribution in [0.4, 0.5) is 5.69 Å². The molecular formula is C31H39N3O5S. The molecular weight excluding hydrogens is 526 g/mol. The molecule has 0 heterocycles. The minimum Gasteiger partial charge on any atom is -0.497 e. The number of ether oxygens (including phenoxy) is 1. The summed E-state index contributed by atoms with van der Waals surface area (Å²) in [6.45, 7) is 5.55. The van der Waals surface area contributed by atoms with Gasteiger partial charge in [0.1, 0.15) is 18.3 Å². The zero-order valence-electron chi connectivity index (χ0n) is 23.8. The van der Waals surface area contributed by atoms with E-state index in [9.17, 15) is 18.0 Å². The summed E-state index contributed by atoms with van der Waals surface area (Å²) in [7, 11) is -2.31. The Balaban J connectivity index is 2.04. The Kier molecular flexibility index (Phi) is 10.7. The predicted molar refractivity (Wildman–Crippen MR) is 159 cm³/mol. The molecule has 9 heteroatoms. The fourth-order valence-corrected chi connectivity index (χ4v) is 5.10. The van der Waals surface area contributed by atoms with Crippen molar-refractivity contribution < 1.29 is 22.7 Å². The van der Waals surface area contributed by atoms with Gasteiger partial charge in [-0.3, -0.25) is 13.9 Å². The lowest BCUT2D eigenvalue weighted by molar-refractivity contribution is -0.140. The SMILES string of the molecule is CC[C@H](C)NC(=O)[C@@H](Cc1ccccc1)N(Cc1ccc(C)cc1)C(=O)CN(c1ccc(OC)cc1)S(C)(=O)=O. The third-order valence-electron chi connectivity index (χ3n) is 6.79. The predicted octanol–water partition coefficient (Wildman–Crippen LogP) is 4.32. The molecule has 214 valence electrons. The van der Waals surface area contributed by atoms with Gasteiger partial charge in [-0.2, -0.15) is 0 Å². The van der Waals surface area contributed by atoms with Crippen molar-refractivity contribution in [1.29, 1.82) is 0 Å². The van der Waals surface area contributed by atoms with Crippen molar-refractivity contribution in [3.63, 3.8) is 0 Å². The quantitative estimate of drug-likeness (QED) is 0.333. The zero-order chi connectivity index (χ0) is 29.3. The molecule has 0 unspecified atom stereocenters. The molecule has 0 spiro atoms. The van der Waals surface area contributed by atoms with Gasteiger partial charge in [-0.25, -0.2) is 8.42 Å². The number of hydrogen-bond donors (Lipinski definition) is 1. The Morgan fingerprint density at radius 1 is 0.925 bits per heavy atom. The van der Waals surface area contributed by atoms with Crippen molar-refractivity contribution >= 4 is 27.5 Å². The summed E-state index contributed by atoms with van der Waals surface area (Å²) >= 11 is 0. The third-order valence-corrected chi connectivity index (χ3v) is 7.93. The van der Waals surface area contributed by atoms with E-state index < -0.39 is 28.5 Å². The topological polar surface area (TPSA) is 96.0 Å². The fourth-order valence-electron chi connectivity index (χ4n) is 4.25. The molecule has 0 aromatic heterocycles. The molecule has 0 radical (unpaired) electrons. The number of rotatable bonds is 13. The number of hydrogen-bond acceptors (Lipinski definition) is 5. The van der Waals surface area contributed by atoms with Gasteiger partial charge in [0, 0.05) is 19.0 Å². The highest BCUT2D eigenvalue weighted by Gasteiger charge is 2.33. The van der Waals surface area contributed by atoms with E-state index >= 15 is 0 Å². The minimum atomic E-state index is -3.83. The van der Waals surface area contributed by atoms with Crippen LogP contribution >= 0.6 is 0 Å². The highest BCUT2D eigenvalue weighted by atomic mass is 32.2. The smallest absolute Gasteiger partial charge is 0.244 e. The lowest BCUT2D eigenvalue weighted by Crippen LogP contribution is -2.54. The number of benzene rings is 3. The molecule has 2 atom stereocenters.